The summed E-state index contributed by atoms with van der Waals surface area (Å²) in [6.45, 7) is 7.27. The van der Waals surface area contributed by atoms with Gasteiger partial charge >= 0.3 is 0 Å². The number of carbonyl (C=O) groups is 3. The lowest BCUT2D eigenvalue weighted by Gasteiger charge is -2.19. The first-order valence-electron chi connectivity index (χ1n) is 10.2. The lowest BCUT2D eigenvalue weighted by Crippen LogP contribution is -2.35. The van der Waals surface area contributed by atoms with E-state index in [1.165, 1.54) is 4.90 Å². The van der Waals surface area contributed by atoms with Crippen LogP contribution in [-0.4, -0.2) is 47.7 Å². The lowest BCUT2D eigenvalue weighted by atomic mass is 10.1. The van der Waals surface area contributed by atoms with Crippen molar-refractivity contribution < 1.29 is 14.4 Å². The molecule has 0 unspecified atom stereocenters. The maximum atomic E-state index is 12.7. The molecule has 0 saturated carbocycles. The van der Waals surface area contributed by atoms with E-state index in [0.717, 1.165) is 40.9 Å². The van der Waals surface area contributed by atoms with Crippen LogP contribution in [0.25, 0.3) is 0 Å². The molecule has 6 heteroatoms. The minimum absolute atomic E-state index is 0.0321. The van der Waals surface area contributed by atoms with Crippen LogP contribution in [-0.2, 0) is 16.1 Å². The van der Waals surface area contributed by atoms with Crippen LogP contribution < -0.4 is 5.32 Å². The predicted molar refractivity (Wildman–Crippen MR) is 117 cm³/mol. The molecule has 0 aliphatic carbocycles. The van der Waals surface area contributed by atoms with Crippen molar-refractivity contribution in [2.45, 2.75) is 40.2 Å². The molecule has 1 aliphatic heterocycles. The van der Waals surface area contributed by atoms with E-state index in [9.17, 15) is 14.4 Å². The smallest absolute Gasteiger partial charge is 0.254 e. The number of rotatable bonds is 6. The van der Waals surface area contributed by atoms with Crippen molar-refractivity contribution >= 4 is 23.4 Å². The highest BCUT2D eigenvalue weighted by Crippen LogP contribution is 2.22. The highest BCUT2D eigenvalue weighted by molar-refractivity contribution is 5.99. The first kappa shape index (κ1) is 21.6. The fourth-order valence-electron chi connectivity index (χ4n) is 3.91. The lowest BCUT2D eigenvalue weighted by molar-refractivity contribution is -0.128. The largest absolute Gasteiger partial charge is 0.338 e. The Morgan fingerprint density at radius 1 is 1.07 bits per heavy atom. The summed E-state index contributed by atoms with van der Waals surface area (Å²) in [4.78, 5) is 40.2. The standard InChI is InChI=1S/C24H29N3O3/c1-16-12-17(2)23(18(3)13-16)25-21(28)15-26(4)24(30)20-9-7-19(8-10-20)14-27-11-5-6-22(27)29/h7-10,12-13H,5-6,11,14-15H2,1-4H3,(H,25,28). The van der Waals surface area contributed by atoms with Crippen molar-refractivity contribution in [3.63, 3.8) is 0 Å². The molecule has 0 atom stereocenters. The summed E-state index contributed by atoms with van der Waals surface area (Å²) in [5, 5.41) is 2.93. The number of anilines is 1. The molecule has 1 fully saturated rings. The van der Waals surface area contributed by atoms with Crippen molar-refractivity contribution in [1.82, 2.24) is 9.80 Å². The van der Waals surface area contributed by atoms with Gasteiger partial charge in [0, 0.05) is 37.8 Å². The van der Waals surface area contributed by atoms with Crippen molar-refractivity contribution in [3.8, 4) is 0 Å². The van der Waals surface area contributed by atoms with E-state index in [1.54, 1.807) is 19.2 Å². The van der Waals surface area contributed by atoms with E-state index >= 15 is 0 Å². The molecular weight excluding hydrogens is 378 g/mol. The molecule has 0 spiro atoms. The third kappa shape index (κ3) is 5.06. The van der Waals surface area contributed by atoms with Crippen LogP contribution in [0.5, 0.6) is 0 Å². The second-order valence-electron chi connectivity index (χ2n) is 8.10. The number of carbonyl (C=O) groups excluding carboxylic acids is 3. The van der Waals surface area contributed by atoms with E-state index < -0.39 is 0 Å². The number of nitrogens with zero attached hydrogens (tertiary/aromatic N) is 2. The van der Waals surface area contributed by atoms with Gasteiger partial charge in [-0.1, -0.05) is 29.8 Å². The third-order valence-corrected chi connectivity index (χ3v) is 5.41. The van der Waals surface area contributed by atoms with Crippen molar-refractivity contribution in [2.24, 2.45) is 0 Å². The van der Waals surface area contributed by atoms with Gasteiger partial charge in [-0.05, 0) is 56.0 Å². The van der Waals surface area contributed by atoms with Crippen LogP contribution >= 0.6 is 0 Å². The highest BCUT2D eigenvalue weighted by atomic mass is 16.2. The molecule has 2 aromatic carbocycles. The van der Waals surface area contributed by atoms with Gasteiger partial charge in [-0.15, -0.1) is 0 Å². The van der Waals surface area contributed by atoms with Crippen LogP contribution in [0.3, 0.4) is 0 Å². The zero-order chi connectivity index (χ0) is 21.8. The van der Waals surface area contributed by atoms with E-state index in [-0.39, 0.29) is 24.3 Å². The van der Waals surface area contributed by atoms with Crippen molar-refractivity contribution in [1.29, 1.82) is 0 Å². The van der Waals surface area contributed by atoms with E-state index in [2.05, 4.69) is 5.32 Å². The summed E-state index contributed by atoms with van der Waals surface area (Å²) in [5.41, 5.74) is 5.46. The minimum Gasteiger partial charge on any atom is -0.338 e. The summed E-state index contributed by atoms with van der Waals surface area (Å²) in [6, 6.07) is 11.3. The molecule has 0 radical (unpaired) electrons. The molecule has 1 heterocycles. The Morgan fingerprint density at radius 3 is 2.27 bits per heavy atom. The Kier molecular flexibility index (Phi) is 6.55. The van der Waals surface area contributed by atoms with Gasteiger partial charge in [0.2, 0.25) is 11.8 Å². The fourth-order valence-corrected chi connectivity index (χ4v) is 3.91. The summed E-state index contributed by atoms with van der Waals surface area (Å²) in [5.74, 6) is -0.267. The van der Waals surface area contributed by atoms with Crippen LogP contribution in [0.1, 0.15) is 45.5 Å². The van der Waals surface area contributed by atoms with E-state index in [1.807, 2.05) is 49.9 Å². The number of hydrogen-bond donors (Lipinski definition) is 1. The Morgan fingerprint density at radius 2 is 1.70 bits per heavy atom. The van der Waals surface area contributed by atoms with Gasteiger partial charge < -0.3 is 15.1 Å². The Labute approximate surface area is 177 Å². The maximum Gasteiger partial charge on any atom is 0.254 e. The number of amides is 3. The zero-order valence-corrected chi connectivity index (χ0v) is 18.1. The van der Waals surface area contributed by atoms with Crippen LogP contribution in [0.15, 0.2) is 36.4 Å². The van der Waals surface area contributed by atoms with Crippen LogP contribution in [0.4, 0.5) is 5.69 Å². The van der Waals surface area contributed by atoms with Gasteiger partial charge in [0.1, 0.15) is 0 Å². The molecule has 1 aliphatic rings. The van der Waals surface area contributed by atoms with E-state index in [4.69, 9.17) is 0 Å². The van der Waals surface area contributed by atoms with E-state index in [0.29, 0.717) is 18.5 Å². The summed E-state index contributed by atoms with van der Waals surface area (Å²) < 4.78 is 0. The predicted octanol–water partition coefficient (Wildman–Crippen LogP) is 3.44. The normalized spacial score (nSPS) is 13.5. The number of benzene rings is 2. The Balaban J connectivity index is 1.58. The summed E-state index contributed by atoms with van der Waals surface area (Å²) in [7, 11) is 1.62. The Hall–Kier alpha value is -3.15. The summed E-state index contributed by atoms with van der Waals surface area (Å²) in [6.07, 6.45) is 1.52. The first-order valence-corrected chi connectivity index (χ1v) is 10.2. The number of likely N-dealkylation sites (N-methyl/N-ethyl adjacent to an activating group) is 1. The second kappa shape index (κ2) is 9.11. The van der Waals surface area contributed by atoms with Crippen LogP contribution in [0.2, 0.25) is 0 Å². The molecule has 1 saturated heterocycles. The number of nitrogens with one attached hydrogen (secondary N) is 1. The minimum atomic E-state index is -0.231. The molecule has 3 amide bonds. The average Bonchev–Trinajstić information content (AvgIpc) is 3.09. The van der Waals surface area contributed by atoms with Crippen molar-refractivity contribution in [3.05, 3.63) is 64.2 Å². The number of hydrogen-bond acceptors (Lipinski definition) is 3. The van der Waals surface area contributed by atoms with Gasteiger partial charge in [0.15, 0.2) is 0 Å². The number of aryl methyl sites for hydroxylation is 3. The van der Waals surface area contributed by atoms with Gasteiger partial charge in [0.25, 0.3) is 5.91 Å². The molecule has 2 aromatic rings. The average molecular weight is 408 g/mol. The quantitative estimate of drug-likeness (QED) is 0.797. The molecule has 158 valence electrons. The maximum absolute atomic E-state index is 12.7. The van der Waals surface area contributed by atoms with Gasteiger partial charge in [0.05, 0.1) is 6.54 Å². The first-order chi connectivity index (χ1) is 14.2. The highest BCUT2D eigenvalue weighted by Gasteiger charge is 2.20. The van der Waals surface area contributed by atoms with Gasteiger partial charge in [-0.25, -0.2) is 0 Å². The number of likely N-dealkylation sites (tertiary alicyclic amines) is 1. The molecule has 30 heavy (non-hydrogen) atoms. The SMILES string of the molecule is Cc1cc(C)c(NC(=O)CN(C)C(=O)c2ccc(CN3CCCC3=O)cc2)c(C)c1. The van der Waals surface area contributed by atoms with Crippen molar-refractivity contribution in [2.75, 3.05) is 25.5 Å². The molecular formula is C24H29N3O3. The van der Waals surface area contributed by atoms with Gasteiger partial charge in [-0.3, -0.25) is 14.4 Å². The summed E-state index contributed by atoms with van der Waals surface area (Å²) >= 11 is 0. The van der Waals surface area contributed by atoms with Crippen LogP contribution in [0, 0.1) is 20.8 Å². The zero-order valence-electron chi connectivity index (χ0n) is 18.1. The molecule has 0 bridgehead atoms. The van der Waals surface area contributed by atoms with Gasteiger partial charge in [-0.2, -0.15) is 0 Å². The second-order valence-corrected chi connectivity index (χ2v) is 8.10. The topological polar surface area (TPSA) is 69.7 Å². The fraction of sp³-hybridized carbons (Fsp3) is 0.375. The molecule has 1 N–H and O–H groups in total. The molecule has 6 nitrogen and oxygen atoms in total. The third-order valence-electron chi connectivity index (χ3n) is 5.41. The monoisotopic (exact) mass is 407 g/mol. The molecule has 3 rings (SSSR count). The Bertz CT molecular complexity index is 943. The molecule has 0 aromatic heterocycles.